The Labute approximate surface area is 134 Å². The zero-order chi connectivity index (χ0) is 13.7. The fourth-order valence-corrected chi connectivity index (χ4v) is 3.81. The summed E-state index contributed by atoms with van der Waals surface area (Å²) < 4.78 is 7.69. The maximum absolute atomic E-state index is 5.56. The first-order valence-corrected chi connectivity index (χ1v) is 8.62. The molecule has 0 radical (unpaired) electrons. The average molecular weight is 405 g/mol. The topological polar surface area (TPSA) is 25.2 Å². The van der Waals surface area contributed by atoms with Gasteiger partial charge in [0, 0.05) is 15.1 Å². The maximum Gasteiger partial charge on any atom is 0.135 e. The van der Waals surface area contributed by atoms with Gasteiger partial charge in [0.1, 0.15) is 5.76 Å². The van der Waals surface area contributed by atoms with Crippen LogP contribution in [0.4, 0.5) is 0 Å². The van der Waals surface area contributed by atoms with E-state index in [2.05, 4.69) is 62.3 Å². The molecule has 0 amide bonds. The zero-order valence-corrected chi connectivity index (χ0v) is 14.5. The molecule has 2 rings (SSSR count). The van der Waals surface area contributed by atoms with Crippen LogP contribution in [-0.2, 0) is 0 Å². The van der Waals surface area contributed by atoms with E-state index >= 15 is 0 Å². The van der Waals surface area contributed by atoms with Gasteiger partial charge in [0.25, 0.3) is 0 Å². The minimum Gasteiger partial charge on any atom is -0.466 e. The van der Waals surface area contributed by atoms with Gasteiger partial charge in [-0.15, -0.1) is 11.8 Å². The van der Waals surface area contributed by atoms with Crippen LogP contribution in [0, 0.1) is 0 Å². The molecule has 1 aromatic carbocycles. The smallest absolute Gasteiger partial charge is 0.135 e. The normalized spacial score (nSPS) is 12.6. The Morgan fingerprint density at radius 1 is 1.32 bits per heavy atom. The summed E-state index contributed by atoms with van der Waals surface area (Å²) in [6.45, 7) is 3.02. The minimum absolute atomic E-state index is 0.207. The molecule has 0 saturated carbocycles. The van der Waals surface area contributed by atoms with Gasteiger partial charge in [0.2, 0.25) is 0 Å². The standard InChI is InChI=1S/C14H15Br2NOS/c1-2-17-13(14-12(16)6-7-18-14)9-19-11-5-3-4-10(15)8-11/h3-8,13,17H,2,9H2,1H3. The Morgan fingerprint density at radius 3 is 2.79 bits per heavy atom. The summed E-state index contributed by atoms with van der Waals surface area (Å²) in [6.07, 6.45) is 1.72. The first kappa shape index (κ1) is 15.2. The van der Waals surface area contributed by atoms with Crippen LogP contribution in [0.25, 0.3) is 0 Å². The van der Waals surface area contributed by atoms with Gasteiger partial charge in [0.15, 0.2) is 0 Å². The Bertz CT molecular complexity index is 530. The summed E-state index contributed by atoms with van der Waals surface area (Å²) >= 11 is 8.84. The van der Waals surface area contributed by atoms with Gasteiger partial charge in [-0.05, 0) is 46.7 Å². The summed E-state index contributed by atoms with van der Waals surface area (Å²) in [5, 5.41) is 3.45. The van der Waals surface area contributed by atoms with E-state index in [1.807, 2.05) is 23.9 Å². The Kier molecular flexibility index (Phi) is 6.01. The van der Waals surface area contributed by atoms with Gasteiger partial charge in [-0.2, -0.15) is 0 Å². The van der Waals surface area contributed by atoms with Crippen molar-refractivity contribution in [3.8, 4) is 0 Å². The van der Waals surface area contributed by atoms with E-state index in [0.29, 0.717) is 0 Å². The first-order chi connectivity index (χ1) is 9.20. The highest BCUT2D eigenvalue weighted by Crippen LogP contribution is 2.30. The number of hydrogen-bond acceptors (Lipinski definition) is 3. The molecule has 0 aliphatic carbocycles. The van der Waals surface area contributed by atoms with Gasteiger partial charge in [0.05, 0.1) is 16.8 Å². The molecule has 0 aliphatic rings. The van der Waals surface area contributed by atoms with Crippen molar-refractivity contribution in [1.29, 1.82) is 0 Å². The summed E-state index contributed by atoms with van der Waals surface area (Å²) in [5.74, 6) is 1.89. The highest BCUT2D eigenvalue weighted by atomic mass is 79.9. The van der Waals surface area contributed by atoms with Crippen molar-refractivity contribution in [3.63, 3.8) is 0 Å². The van der Waals surface area contributed by atoms with Crippen LogP contribution in [0.15, 0.2) is 54.9 Å². The molecule has 0 bridgehead atoms. The van der Waals surface area contributed by atoms with Crippen molar-refractivity contribution >= 4 is 43.6 Å². The van der Waals surface area contributed by atoms with Crippen LogP contribution >= 0.6 is 43.6 Å². The molecule has 1 atom stereocenters. The lowest BCUT2D eigenvalue weighted by Gasteiger charge is -2.15. The molecule has 102 valence electrons. The van der Waals surface area contributed by atoms with E-state index in [-0.39, 0.29) is 6.04 Å². The van der Waals surface area contributed by atoms with Gasteiger partial charge >= 0.3 is 0 Å². The Morgan fingerprint density at radius 2 is 2.16 bits per heavy atom. The molecule has 2 nitrogen and oxygen atoms in total. The lowest BCUT2D eigenvalue weighted by atomic mass is 10.2. The first-order valence-electron chi connectivity index (χ1n) is 6.05. The molecule has 2 aromatic rings. The van der Waals surface area contributed by atoms with E-state index in [9.17, 15) is 0 Å². The van der Waals surface area contributed by atoms with Crippen molar-refractivity contribution in [2.24, 2.45) is 0 Å². The van der Waals surface area contributed by atoms with Crippen LogP contribution in [0.5, 0.6) is 0 Å². The zero-order valence-electron chi connectivity index (χ0n) is 10.5. The summed E-state index contributed by atoms with van der Waals surface area (Å²) in [4.78, 5) is 1.25. The van der Waals surface area contributed by atoms with Crippen molar-refractivity contribution in [3.05, 3.63) is 51.3 Å². The molecule has 19 heavy (non-hydrogen) atoms. The second-order valence-corrected chi connectivity index (χ2v) is 6.87. The minimum atomic E-state index is 0.207. The molecule has 1 N–H and O–H groups in total. The number of nitrogens with one attached hydrogen (secondary N) is 1. The van der Waals surface area contributed by atoms with E-state index < -0.39 is 0 Å². The average Bonchev–Trinajstić information content (AvgIpc) is 2.81. The summed E-state index contributed by atoms with van der Waals surface area (Å²) in [5.41, 5.74) is 0. The van der Waals surface area contributed by atoms with Crippen molar-refractivity contribution < 1.29 is 4.42 Å². The number of benzene rings is 1. The predicted molar refractivity (Wildman–Crippen MR) is 87.7 cm³/mol. The monoisotopic (exact) mass is 403 g/mol. The molecule has 0 aliphatic heterocycles. The highest BCUT2D eigenvalue weighted by Gasteiger charge is 2.17. The van der Waals surface area contributed by atoms with Crippen LogP contribution in [0.3, 0.4) is 0 Å². The molecule has 1 unspecified atom stereocenters. The van der Waals surface area contributed by atoms with E-state index in [1.54, 1.807) is 6.26 Å². The third-order valence-corrected chi connectivity index (χ3v) is 4.86. The Hall–Kier alpha value is -0.230. The quantitative estimate of drug-likeness (QED) is 0.665. The third kappa shape index (κ3) is 4.38. The molecule has 0 saturated heterocycles. The highest BCUT2D eigenvalue weighted by molar-refractivity contribution is 9.10. The summed E-state index contributed by atoms with van der Waals surface area (Å²) in [6, 6.07) is 10.5. The number of furan rings is 1. The number of halogens is 2. The van der Waals surface area contributed by atoms with Crippen molar-refractivity contribution in [2.45, 2.75) is 17.9 Å². The van der Waals surface area contributed by atoms with Gasteiger partial charge in [-0.1, -0.05) is 28.9 Å². The molecule has 0 spiro atoms. The fraction of sp³-hybridized carbons (Fsp3) is 0.286. The SMILES string of the molecule is CCNC(CSc1cccc(Br)c1)c1occc1Br. The van der Waals surface area contributed by atoms with Crippen LogP contribution < -0.4 is 5.32 Å². The second kappa shape index (κ2) is 7.53. The number of rotatable bonds is 6. The third-order valence-electron chi connectivity index (χ3n) is 2.62. The molecular weight excluding hydrogens is 390 g/mol. The lowest BCUT2D eigenvalue weighted by Crippen LogP contribution is -2.22. The molecular formula is C14H15Br2NOS. The van der Waals surface area contributed by atoms with E-state index in [1.165, 1.54) is 4.90 Å². The molecule has 1 heterocycles. The maximum atomic E-state index is 5.56. The molecule has 5 heteroatoms. The second-order valence-electron chi connectivity index (χ2n) is 4.01. The Balaban J connectivity index is 2.04. The van der Waals surface area contributed by atoms with Crippen LogP contribution in [-0.4, -0.2) is 12.3 Å². The van der Waals surface area contributed by atoms with Crippen LogP contribution in [0.1, 0.15) is 18.7 Å². The van der Waals surface area contributed by atoms with Gasteiger partial charge < -0.3 is 9.73 Å². The van der Waals surface area contributed by atoms with Crippen molar-refractivity contribution in [2.75, 3.05) is 12.3 Å². The fourth-order valence-electron chi connectivity index (χ4n) is 1.76. The number of thioether (sulfide) groups is 1. The number of hydrogen-bond donors (Lipinski definition) is 1. The van der Waals surface area contributed by atoms with Crippen LogP contribution in [0.2, 0.25) is 0 Å². The molecule has 1 aromatic heterocycles. The lowest BCUT2D eigenvalue weighted by molar-refractivity contribution is 0.438. The predicted octanol–water partition coefficient (Wildman–Crippen LogP) is 5.25. The largest absolute Gasteiger partial charge is 0.466 e. The van der Waals surface area contributed by atoms with E-state index in [0.717, 1.165) is 27.0 Å². The molecule has 0 fully saturated rings. The van der Waals surface area contributed by atoms with Crippen molar-refractivity contribution in [1.82, 2.24) is 5.32 Å². The van der Waals surface area contributed by atoms with Gasteiger partial charge in [-0.3, -0.25) is 0 Å². The van der Waals surface area contributed by atoms with E-state index in [4.69, 9.17) is 4.42 Å². The summed E-state index contributed by atoms with van der Waals surface area (Å²) in [7, 11) is 0. The van der Waals surface area contributed by atoms with Gasteiger partial charge in [-0.25, -0.2) is 0 Å².